The van der Waals surface area contributed by atoms with Gasteiger partial charge in [0.2, 0.25) is 0 Å². The van der Waals surface area contributed by atoms with Crippen LogP contribution in [0.2, 0.25) is 0 Å². The van der Waals surface area contributed by atoms with E-state index in [0.717, 1.165) is 27.8 Å². The molecular formula is C59H52O2Os2P+. The predicted molar refractivity (Wildman–Crippen MR) is 267 cm³/mol. The van der Waals surface area contributed by atoms with Crippen molar-refractivity contribution in [1.29, 1.82) is 0 Å². The van der Waals surface area contributed by atoms with Crippen molar-refractivity contribution in [3.63, 3.8) is 0 Å². The molecule has 0 N–H and O–H groups in total. The van der Waals surface area contributed by atoms with Crippen LogP contribution in [0.3, 0.4) is 0 Å². The molecule has 0 radical (unpaired) electrons. The molecule has 2 saturated heterocycles. The SMILES string of the molecule is CC=C1COCC1=CC(/C=C/c1ccc(/C=C/C(C=C2COCC2=C/C=C/c2ccc(/C=C/C)cc2)=C(C)[C]#[Os])cc1)=C([C]#[Os])[P+](c1ccccc1)(c1ccccc1)c1ccccc1. The van der Waals surface area contributed by atoms with Crippen LogP contribution in [-0.2, 0) is 45.4 Å². The topological polar surface area (TPSA) is 18.5 Å². The third-order valence-electron chi connectivity index (χ3n) is 11.3. The molecule has 5 heteroatoms. The standard InChI is InChI=1S/C59H52O2P.2Os/c1-6-18-47-27-29-48(30-28-47)19-17-20-54-42-61-44-56(54)39-52(45(3)4)37-35-49-31-33-50(34-32-49)36-38-53(40-55-43-60-41-51(55)7-2)46(5)62(57-21-11-8-12-22-57,58-23-13-9-14-24-58)59-25-15-10-16-26-59;;/h6-40H,41-44H2,1-3H3;;/q+1;;/b18-6+,19-17+,37-35+,38-36+,51-7?,52-45?,53-46?,54-20?,55-40?,56-39?;;. The Bertz CT molecular complexity index is 2720. The fourth-order valence-electron chi connectivity index (χ4n) is 7.88. The Morgan fingerprint density at radius 2 is 0.922 bits per heavy atom. The van der Waals surface area contributed by atoms with Crippen LogP contribution >= 0.6 is 7.26 Å². The molecule has 0 unspecified atom stereocenters. The molecule has 0 aliphatic carbocycles. The molecule has 2 aliphatic heterocycles. The second-order valence-electron chi connectivity index (χ2n) is 15.4. The van der Waals surface area contributed by atoms with Crippen molar-refractivity contribution in [1.82, 2.24) is 0 Å². The van der Waals surface area contributed by atoms with Gasteiger partial charge in [-0.25, -0.2) is 0 Å². The van der Waals surface area contributed by atoms with Crippen molar-refractivity contribution < 1.29 is 45.4 Å². The van der Waals surface area contributed by atoms with E-state index in [1.54, 1.807) is 17.9 Å². The molecule has 7 rings (SSSR count). The van der Waals surface area contributed by atoms with E-state index in [9.17, 15) is 0 Å². The van der Waals surface area contributed by atoms with Gasteiger partial charge >= 0.3 is 379 Å². The molecule has 0 atom stereocenters. The monoisotopic (exact) mass is 1210 g/mol. The van der Waals surface area contributed by atoms with Crippen LogP contribution in [0.1, 0.15) is 43.0 Å². The zero-order valence-corrected chi connectivity index (χ0v) is 42.5. The van der Waals surface area contributed by atoms with E-state index in [0.29, 0.717) is 26.4 Å². The molecule has 2 aliphatic rings. The summed E-state index contributed by atoms with van der Waals surface area (Å²) in [5.41, 5.74) is 12.8. The molecule has 0 bridgehead atoms. The second kappa shape index (κ2) is 23.6. The van der Waals surface area contributed by atoms with Crippen LogP contribution in [-0.4, -0.2) is 26.4 Å². The number of ether oxygens (including phenoxy) is 2. The molecule has 320 valence electrons. The number of hydrogen-bond donors (Lipinski definition) is 0. The molecule has 0 amide bonds. The van der Waals surface area contributed by atoms with Gasteiger partial charge in [-0.05, 0) is 12.5 Å². The minimum atomic E-state index is -2.42. The summed E-state index contributed by atoms with van der Waals surface area (Å²) in [4.78, 5) is 0. The first-order chi connectivity index (χ1) is 31.5. The number of hydrogen-bond acceptors (Lipinski definition) is 2. The number of benzene rings is 5. The first-order valence-electron chi connectivity index (χ1n) is 21.5. The Labute approximate surface area is 400 Å². The maximum absolute atomic E-state index is 6.01. The van der Waals surface area contributed by atoms with E-state index in [2.05, 4.69) is 235 Å². The van der Waals surface area contributed by atoms with Crippen molar-refractivity contribution >= 4 is 47.5 Å². The van der Waals surface area contributed by atoms with Gasteiger partial charge in [0.05, 0.1) is 0 Å². The third-order valence-corrected chi connectivity index (χ3v) is 17.6. The number of allylic oxidation sites excluding steroid dienone is 12. The van der Waals surface area contributed by atoms with Gasteiger partial charge in [0.25, 0.3) is 0 Å². The first kappa shape index (κ1) is 46.7. The summed E-state index contributed by atoms with van der Waals surface area (Å²) in [6.07, 6.45) is 26.3. The van der Waals surface area contributed by atoms with Gasteiger partial charge in [-0.2, -0.15) is 0 Å². The molecule has 2 heterocycles. The molecule has 0 saturated carbocycles. The number of rotatable bonds is 13. The van der Waals surface area contributed by atoms with E-state index in [1.165, 1.54) is 54.6 Å². The summed E-state index contributed by atoms with van der Waals surface area (Å²) >= 11 is 3.56. The molecular weight excluding hydrogens is 1150 g/mol. The maximum atomic E-state index is 6.01. The molecule has 64 heavy (non-hydrogen) atoms. The van der Waals surface area contributed by atoms with Gasteiger partial charge in [-0.3, -0.25) is 0 Å². The van der Waals surface area contributed by atoms with E-state index in [-0.39, 0.29) is 0 Å². The Balaban J connectivity index is 1.22. The third kappa shape index (κ3) is 11.5. The minimum absolute atomic E-state index is 0.583. The van der Waals surface area contributed by atoms with Crippen molar-refractivity contribution in [3.8, 4) is 8.74 Å². The fourth-order valence-corrected chi connectivity index (χ4v) is 14.1. The molecule has 2 fully saturated rings. The van der Waals surface area contributed by atoms with Crippen LogP contribution in [0.25, 0.3) is 24.3 Å². The van der Waals surface area contributed by atoms with Crippen molar-refractivity contribution in [2.45, 2.75) is 20.8 Å². The predicted octanol–water partition coefficient (Wildman–Crippen LogP) is 12.8. The Hall–Kier alpha value is -5.32. The average Bonchev–Trinajstić information content (AvgIpc) is 4.01. The summed E-state index contributed by atoms with van der Waals surface area (Å²) in [6, 6.07) is 50.4. The second-order valence-corrected chi connectivity index (χ2v) is 20.0. The molecule has 0 aromatic heterocycles. The van der Waals surface area contributed by atoms with Crippen LogP contribution < -0.4 is 15.9 Å². The van der Waals surface area contributed by atoms with Gasteiger partial charge in [0, 0.05) is 0 Å². The van der Waals surface area contributed by atoms with Gasteiger partial charge in [0.15, 0.2) is 0 Å². The molecule has 0 spiro atoms. The summed E-state index contributed by atoms with van der Waals surface area (Å²) < 4.78 is 19.2. The van der Waals surface area contributed by atoms with Gasteiger partial charge in [-0.15, -0.1) is 0 Å². The molecule has 5 aromatic carbocycles. The van der Waals surface area contributed by atoms with E-state index < -0.39 is 7.26 Å². The van der Waals surface area contributed by atoms with Crippen LogP contribution in [0.15, 0.2) is 232 Å². The van der Waals surface area contributed by atoms with Crippen molar-refractivity contribution in [3.05, 3.63) is 255 Å². The Kier molecular flexibility index (Phi) is 17.2. The normalized spacial score (nSPS) is 17.9. The van der Waals surface area contributed by atoms with Gasteiger partial charge in [-0.1, -0.05) is 12.2 Å². The summed E-state index contributed by atoms with van der Waals surface area (Å²) in [5.74, 6) is 0. The van der Waals surface area contributed by atoms with E-state index in [1.807, 2.05) is 24.9 Å². The van der Waals surface area contributed by atoms with E-state index in [4.69, 9.17) is 9.47 Å². The Morgan fingerprint density at radius 3 is 1.39 bits per heavy atom. The zero-order valence-electron chi connectivity index (χ0n) is 36.5. The zero-order chi connectivity index (χ0) is 44.6. The van der Waals surface area contributed by atoms with Crippen LogP contribution in [0.5, 0.6) is 0 Å². The quantitative estimate of drug-likeness (QED) is 0.0864. The van der Waals surface area contributed by atoms with E-state index >= 15 is 0 Å². The average molecular weight is 1200 g/mol. The van der Waals surface area contributed by atoms with Gasteiger partial charge < -0.3 is 0 Å². The molecule has 5 aromatic rings. The molecule has 2 nitrogen and oxygen atoms in total. The Morgan fingerprint density at radius 1 is 0.500 bits per heavy atom. The summed E-state index contributed by atoms with van der Waals surface area (Å²) in [5, 5.41) is 5.08. The van der Waals surface area contributed by atoms with Gasteiger partial charge in [0.1, 0.15) is 0 Å². The summed E-state index contributed by atoms with van der Waals surface area (Å²) in [6.45, 7) is 8.66. The van der Waals surface area contributed by atoms with Crippen molar-refractivity contribution in [2.24, 2.45) is 0 Å². The van der Waals surface area contributed by atoms with Crippen LogP contribution in [0.4, 0.5) is 0 Å². The van der Waals surface area contributed by atoms with Crippen molar-refractivity contribution in [2.75, 3.05) is 26.4 Å². The fraction of sp³-hybridized carbons (Fsp3) is 0.119. The first-order valence-corrected chi connectivity index (χ1v) is 25.8. The summed E-state index contributed by atoms with van der Waals surface area (Å²) in [7, 11) is -2.42. The van der Waals surface area contributed by atoms with Crippen LogP contribution in [0, 0.1) is 8.74 Å².